The fraction of sp³-hybridized carbons (Fsp3) is 0.638. The molecule has 1 aromatic rings. The molecule has 23 heteroatoms. The van der Waals surface area contributed by atoms with Crippen LogP contribution in [0.2, 0.25) is 0 Å². The van der Waals surface area contributed by atoms with Crippen molar-refractivity contribution in [3.63, 3.8) is 0 Å². The van der Waals surface area contributed by atoms with Gasteiger partial charge in [0.2, 0.25) is 41.4 Å². The van der Waals surface area contributed by atoms with Crippen molar-refractivity contribution in [2.45, 2.75) is 142 Å². The highest BCUT2D eigenvalue weighted by atomic mass is 32.2. The van der Waals surface area contributed by atoms with Crippen molar-refractivity contribution in [1.29, 1.82) is 0 Å². The summed E-state index contributed by atoms with van der Waals surface area (Å²) in [6.45, 7) is 6.35. The van der Waals surface area contributed by atoms with Gasteiger partial charge in [-0.15, -0.1) is 0 Å². The van der Waals surface area contributed by atoms with Crippen LogP contribution in [0.3, 0.4) is 0 Å². The molecule has 1 fully saturated rings. The highest BCUT2D eigenvalue weighted by Crippen LogP contribution is 2.24. The summed E-state index contributed by atoms with van der Waals surface area (Å²) in [7, 11) is -4.26. The molecule has 12 N–H and O–H groups in total. The van der Waals surface area contributed by atoms with Crippen LogP contribution in [-0.2, 0) is 69.0 Å². The van der Waals surface area contributed by atoms with Crippen LogP contribution in [-0.4, -0.2) is 125 Å². The summed E-state index contributed by atoms with van der Waals surface area (Å²) in [5.74, 6) is -15.7. The molecule has 0 saturated carbocycles. The summed E-state index contributed by atoms with van der Waals surface area (Å²) in [5.41, 5.74) is 16.6. The fourth-order valence-corrected chi connectivity index (χ4v) is 9.21. The topological polar surface area (TPSA) is 389 Å². The third-order valence-corrected chi connectivity index (χ3v) is 13.9. The molecule has 7 amide bonds. The summed E-state index contributed by atoms with van der Waals surface area (Å²) in [6.07, 6.45) is -5.43. The molecule has 1 saturated heterocycles. The molecule has 0 spiro atoms. The van der Waals surface area contributed by atoms with E-state index in [1.807, 2.05) is 0 Å². The normalized spacial score (nSPS) is 22.3. The number of primary amides is 3. The number of aliphatic hydroxyl groups excluding tert-OH is 1. The van der Waals surface area contributed by atoms with Crippen LogP contribution >= 0.6 is 0 Å². The summed E-state index contributed by atoms with van der Waals surface area (Å²) in [5, 5.41) is 29.9. The second-order valence-corrected chi connectivity index (χ2v) is 20.8. The Morgan fingerprint density at radius 3 is 2.00 bits per heavy atom. The Bertz CT molecular complexity index is 2170. The van der Waals surface area contributed by atoms with Gasteiger partial charge in [-0.05, 0) is 61.6 Å². The first-order valence-corrected chi connectivity index (χ1v) is 25.3. The summed E-state index contributed by atoms with van der Waals surface area (Å²) < 4.78 is 27.1. The van der Waals surface area contributed by atoms with E-state index < -0.39 is 185 Å². The van der Waals surface area contributed by atoms with Crippen LogP contribution in [0.15, 0.2) is 24.3 Å². The molecule has 70 heavy (non-hydrogen) atoms. The maximum atomic E-state index is 14.2. The molecule has 22 nitrogen and oxygen atoms in total. The molecule has 1 heterocycles. The molecule has 2 rings (SSSR count). The largest absolute Gasteiger partial charge is 0.508 e. The standard InChI is InChI=1S/C47H71N7O15S/c1-5-27(4)32-25-40(60)36(21-28-6-8-31(56)9-7-28)51-44(64)16-19-70(68,69)18-15-34(52-46(66)30(24-43(50)63)23-39(59)33(53-47(32)67)10-12-41(48)61)38(58)22-29(14-17-55)45(65)54-35(20-26(2)3)37(57)11-13-42(49)62/h6-9,26-27,29-30,32-36,55-56H,5,10-25H2,1-4H3,(H2,48,61)(H2,49,62)(H2,50,63)(H,51,64)(H,52,66)(H,53,67)(H,54,65)/t27-,29+,30-,32-,33-,34-,35-,36-/m0/s1. The zero-order valence-electron chi connectivity index (χ0n) is 40.4. The number of nitrogens with two attached hydrogens (primary N) is 3. The van der Waals surface area contributed by atoms with Crippen molar-refractivity contribution >= 4 is 74.3 Å². The Balaban J connectivity index is 2.69. The van der Waals surface area contributed by atoms with Gasteiger partial charge in [-0.3, -0.25) is 52.7 Å². The van der Waals surface area contributed by atoms with Crippen molar-refractivity contribution in [3.8, 4) is 5.75 Å². The Kier molecular flexibility index (Phi) is 25.0. The van der Waals surface area contributed by atoms with E-state index in [4.69, 9.17) is 17.2 Å². The molecule has 1 aliphatic heterocycles. The molecule has 1 aromatic carbocycles. The third-order valence-electron chi connectivity index (χ3n) is 12.2. The van der Waals surface area contributed by atoms with Gasteiger partial charge in [0.1, 0.15) is 5.75 Å². The first-order chi connectivity index (χ1) is 32.7. The van der Waals surface area contributed by atoms with E-state index in [0.717, 1.165) is 0 Å². The number of Topliss-reactive ketones (excluding diaryl/α,β-unsaturated/α-hetero) is 4. The van der Waals surface area contributed by atoms with Crippen molar-refractivity contribution < 1.29 is 71.4 Å². The maximum absolute atomic E-state index is 14.2. The first kappa shape index (κ1) is 60.0. The number of hydrogen-bond acceptors (Lipinski definition) is 15. The smallest absolute Gasteiger partial charge is 0.224 e. The van der Waals surface area contributed by atoms with Crippen molar-refractivity contribution in [1.82, 2.24) is 21.3 Å². The molecule has 8 atom stereocenters. The second kappa shape index (κ2) is 29.2. The SMILES string of the molecule is CC[C@H](C)[C@@H]1CC(=O)[C@H](Cc2ccc(O)cc2)NC(=O)CCS(=O)(=O)CC[C@@H](C(=O)C[C@@H](CCO)C(=O)N[C@@H](CC(C)C)C(=O)CCC(N)=O)NC(=O)[C@H](CC(N)=O)CC(=O)[C@H](CCC(N)=O)NC1=O. The van der Waals surface area contributed by atoms with Gasteiger partial charge in [0.05, 0.1) is 41.6 Å². The van der Waals surface area contributed by atoms with Gasteiger partial charge in [0.25, 0.3) is 0 Å². The van der Waals surface area contributed by atoms with Crippen LogP contribution in [0.1, 0.15) is 117 Å². The van der Waals surface area contributed by atoms with E-state index >= 15 is 0 Å². The Hall–Kier alpha value is -6.10. The Labute approximate surface area is 408 Å². The monoisotopic (exact) mass is 1010 g/mol. The molecule has 0 aromatic heterocycles. The van der Waals surface area contributed by atoms with Crippen molar-refractivity contribution in [2.24, 2.45) is 46.8 Å². The zero-order chi connectivity index (χ0) is 52.9. The summed E-state index contributed by atoms with van der Waals surface area (Å²) in [4.78, 5) is 146. The van der Waals surface area contributed by atoms with Gasteiger partial charge in [-0.2, -0.15) is 0 Å². The number of aromatic hydroxyl groups is 1. The molecule has 0 aliphatic carbocycles. The molecule has 1 aliphatic rings. The number of carbonyl (C=O) groups excluding carboxylic acids is 11. The minimum absolute atomic E-state index is 0.0764. The van der Waals surface area contributed by atoms with E-state index in [0.29, 0.717) is 12.0 Å². The minimum Gasteiger partial charge on any atom is -0.508 e. The predicted octanol–water partition coefficient (Wildman–Crippen LogP) is -0.741. The van der Waals surface area contributed by atoms with E-state index in [9.17, 15) is 71.4 Å². The Morgan fingerprint density at radius 2 is 1.43 bits per heavy atom. The number of ketones is 4. The van der Waals surface area contributed by atoms with Crippen molar-refractivity contribution in [2.75, 3.05) is 18.1 Å². The number of amides is 7. The molecular formula is C47H71N7O15S. The lowest BCUT2D eigenvalue weighted by atomic mass is 9.84. The van der Waals surface area contributed by atoms with E-state index in [-0.39, 0.29) is 50.2 Å². The van der Waals surface area contributed by atoms with Gasteiger partial charge >= 0.3 is 0 Å². The van der Waals surface area contributed by atoms with Gasteiger partial charge in [-0.25, -0.2) is 8.42 Å². The number of hydrogen-bond donors (Lipinski definition) is 9. The number of phenolic OH excluding ortho intramolecular Hbond substituents is 1. The molecular weight excluding hydrogens is 935 g/mol. The lowest BCUT2D eigenvalue weighted by Gasteiger charge is -2.28. The maximum Gasteiger partial charge on any atom is 0.224 e. The number of carbonyl (C=O) groups is 11. The number of aliphatic hydroxyl groups is 1. The summed E-state index contributed by atoms with van der Waals surface area (Å²) in [6, 6.07) is 0.0641. The molecule has 0 unspecified atom stereocenters. The highest BCUT2D eigenvalue weighted by Gasteiger charge is 2.37. The second-order valence-electron chi connectivity index (χ2n) is 18.5. The van der Waals surface area contributed by atoms with Gasteiger partial charge in [0, 0.05) is 69.8 Å². The van der Waals surface area contributed by atoms with Gasteiger partial charge in [0.15, 0.2) is 33.0 Å². The van der Waals surface area contributed by atoms with E-state index in [1.165, 1.54) is 24.3 Å². The molecule has 0 radical (unpaired) electrons. The van der Waals surface area contributed by atoms with Crippen LogP contribution in [0.5, 0.6) is 5.75 Å². The molecule has 0 bridgehead atoms. The number of sulfone groups is 1. The van der Waals surface area contributed by atoms with Crippen LogP contribution in [0.25, 0.3) is 0 Å². The van der Waals surface area contributed by atoms with Crippen LogP contribution < -0.4 is 38.5 Å². The van der Waals surface area contributed by atoms with Crippen LogP contribution in [0, 0.1) is 29.6 Å². The average molecular weight is 1010 g/mol. The predicted molar refractivity (Wildman–Crippen MR) is 253 cm³/mol. The fourth-order valence-electron chi connectivity index (χ4n) is 7.91. The zero-order valence-corrected chi connectivity index (χ0v) is 41.2. The van der Waals surface area contributed by atoms with Gasteiger partial charge < -0.3 is 48.7 Å². The molecule has 390 valence electrons. The lowest BCUT2D eigenvalue weighted by Crippen LogP contribution is -2.50. The third kappa shape index (κ3) is 21.7. The first-order valence-electron chi connectivity index (χ1n) is 23.5. The minimum atomic E-state index is -4.26. The van der Waals surface area contributed by atoms with Gasteiger partial charge in [-0.1, -0.05) is 46.2 Å². The van der Waals surface area contributed by atoms with Crippen molar-refractivity contribution in [3.05, 3.63) is 29.8 Å². The number of nitrogens with one attached hydrogen (secondary N) is 4. The number of benzene rings is 1. The number of phenols is 1. The Morgan fingerprint density at radius 1 is 0.800 bits per heavy atom. The summed E-state index contributed by atoms with van der Waals surface area (Å²) >= 11 is 0. The van der Waals surface area contributed by atoms with Crippen LogP contribution in [0.4, 0.5) is 0 Å². The number of rotatable bonds is 22. The lowest BCUT2D eigenvalue weighted by molar-refractivity contribution is -0.137. The van der Waals surface area contributed by atoms with E-state index in [2.05, 4.69) is 21.3 Å². The average Bonchev–Trinajstić information content (AvgIpc) is 3.27. The van der Waals surface area contributed by atoms with E-state index in [1.54, 1.807) is 27.7 Å². The highest BCUT2D eigenvalue weighted by molar-refractivity contribution is 7.91. The quantitative estimate of drug-likeness (QED) is 0.0691.